The van der Waals surface area contributed by atoms with Crippen LogP contribution in [0.25, 0.3) is 0 Å². The molecule has 1 aliphatic rings. The number of nitrogens with one attached hydrogen (secondary N) is 2. The molecule has 2 unspecified atom stereocenters. The Balaban J connectivity index is 2.27. The third-order valence-electron chi connectivity index (χ3n) is 3.21. The molecular formula is C11H20N2O5. The normalized spacial score (nSPS) is 25.1. The van der Waals surface area contributed by atoms with E-state index in [2.05, 4.69) is 10.2 Å². The molecule has 0 aromatic carbocycles. The van der Waals surface area contributed by atoms with E-state index in [0.29, 0.717) is 6.61 Å². The molecule has 7 nitrogen and oxygen atoms in total. The van der Waals surface area contributed by atoms with E-state index in [0.717, 1.165) is 6.42 Å². The molecule has 2 atom stereocenters. The summed E-state index contributed by atoms with van der Waals surface area (Å²) < 4.78 is 5.54. The molecule has 1 saturated carbocycles. The zero-order valence-corrected chi connectivity index (χ0v) is 10.9. The van der Waals surface area contributed by atoms with E-state index in [-0.39, 0.29) is 17.6 Å². The van der Waals surface area contributed by atoms with Gasteiger partial charge in [0.25, 0.3) is 0 Å². The predicted molar refractivity (Wildman–Crippen MR) is 62.9 cm³/mol. The number of rotatable bonds is 6. The fraction of sp³-hybridized carbons (Fsp3) is 0.818. The molecule has 0 saturated heterocycles. The molecule has 104 valence electrons. The number of hydroxylamine groups is 1. The Bertz CT molecular complexity index is 319. The lowest BCUT2D eigenvalue weighted by Crippen LogP contribution is -2.63. The zero-order valence-electron chi connectivity index (χ0n) is 10.9. The Kier molecular flexibility index (Phi) is 4.92. The number of amides is 2. The third-order valence-corrected chi connectivity index (χ3v) is 3.21. The van der Waals surface area contributed by atoms with Crippen LogP contribution in [0.3, 0.4) is 0 Å². The number of carboxylic acid groups (broad SMARTS) is 1. The summed E-state index contributed by atoms with van der Waals surface area (Å²) >= 11 is 0. The topological polar surface area (TPSA) is 96.9 Å². The van der Waals surface area contributed by atoms with Crippen molar-refractivity contribution in [3.8, 4) is 0 Å². The van der Waals surface area contributed by atoms with Crippen LogP contribution in [0.15, 0.2) is 0 Å². The first-order chi connectivity index (χ1) is 8.37. The highest BCUT2D eigenvalue weighted by molar-refractivity contribution is 5.74. The molecule has 0 radical (unpaired) electrons. The molecule has 1 rings (SSSR count). The minimum atomic E-state index is -1.14. The molecule has 1 aliphatic carbocycles. The highest BCUT2D eigenvalue weighted by Gasteiger charge is 2.49. The van der Waals surface area contributed by atoms with Gasteiger partial charge in [-0.1, -0.05) is 13.8 Å². The van der Waals surface area contributed by atoms with Crippen LogP contribution in [0.4, 0.5) is 4.79 Å². The first-order valence-corrected chi connectivity index (χ1v) is 5.89. The summed E-state index contributed by atoms with van der Waals surface area (Å²) in [4.78, 5) is 26.1. The van der Waals surface area contributed by atoms with Crippen LogP contribution < -0.4 is 10.8 Å². The molecule has 0 aromatic rings. The van der Waals surface area contributed by atoms with Crippen molar-refractivity contribution in [2.75, 3.05) is 13.2 Å². The van der Waals surface area contributed by atoms with Crippen LogP contribution >= 0.6 is 0 Å². The molecule has 0 bridgehead atoms. The smallest absolute Gasteiger partial charge is 0.338 e. The first kappa shape index (κ1) is 14.7. The van der Waals surface area contributed by atoms with Gasteiger partial charge in [-0.2, -0.15) is 0 Å². The number of carbonyl (C=O) groups is 2. The van der Waals surface area contributed by atoms with Gasteiger partial charge in [0.1, 0.15) is 0 Å². The molecular weight excluding hydrogens is 240 g/mol. The molecule has 18 heavy (non-hydrogen) atoms. The number of aliphatic carboxylic acids is 1. The summed E-state index contributed by atoms with van der Waals surface area (Å²) in [5.41, 5.74) is 1.89. The van der Waals surface area contributed by atoms with Gasteiger partial charge in [-0.05, 0) is 13.3 Å². The second-order valence-corrected chi connectivity index (χ2v) is 4.81. The summed E-state index contributed by atoms with van der Waals surface area (Å²) in [5, 5.41) is 11.1. The van der Waals surface area contributed by atoms with Crippen molar-refractivity contribution in [1.29, 1.82) is 0 Å². The third kappa shape index (κ3) is 3.58. The van der Waals surface area contributed by atoms with Gasteiger partial charge in [-0.25, -0.2) is 15.1 Å². The summed E-state index contributed by atoms with van der Waals surface area (Å²) in [7, 11) is 0. The van der Waals surface area contributed by atoms with Crippen LogP contribution in [0.5, 0.6) is 0 Å². The van der Waals surface area contributed by atoms with E-state index in [1.165, 1.54) is 0 Å². The van der Waals surface area contributed by atoms with Crippen molar-refractivity contribution < 1.29 is 24.3 Å². The first-order valence-electron chi connectivity index (χ1n) is 5.89. The fourth-order valence-electron chi connectivity index (χ4n) is 1.97. The van der Waals surface area contributed by atoms with Crippen molar-refractivity contribution in [2.24, 2.45) is 5.41 Å². The van der Waals surface area contributed by atoms with E-state index in [9.17, 15) is 9.59 Å². The van der Waals surface area contributed by atoms with Gasteiger partial charge < -0.3 is 15.2 Å². The van der Waals surface area contributed by atoms with Gasteiger partial charge in [0, 0.05) is 18.1 Å². The van der Waals surface area contributed by atoms with Crippen LogP contribution in [0, 0.1) is 5.41 Å². The molecule has 0 heterocycles. The predicted octanol–water partition coefficient (Wildman–Crippen LogP) is 0.505. The molecule has 7 heteroatoms. The molecule has 0 aliphatic heterocycles. The lowest BCUT2D eigenvalue weighted by atomic mass is 9.64. The van der Waals surface area contributed by atoms with Crippen LogP contribution in [-0.2, 0) is 14.4 Å². The maximum atomic E-state index is 11.4. The van der Waals surface area contributed by atoms with Crippen molar-refractivity contribution in [3.63, 3.8) is 0 Å². The Labute approximate surface area is 106 Å². The number of hydrogen-bond acceptors (Lipinski definition) is 4. The number of carboxylic acids is 1. The van der Waals surface area contributed by atoms with Crippen molar-refractivity contribution in [1.82, 2.24) is 10.8 Å². The molecule has 0 aromatic heterocycles. The zero-order chi connectivity index (χ0) is 13.8. The lowest BCUT2D eigenvalue weighted by Gasteiger charge is -2.51. The van der Waals surface area contributed by atoms with Gasteiger partial charge in [0.05, 0.1) is 6.10 Å². The summed E-state index contributed by atoms with van der Waals surface area (Å²) in [6, 6.07) is -0.549. The molecule has 3 N–H and O–H groups in total. The van der Waals surface area contributed by atoms with E-state index in [1.807, 2.05) is 26.3 Å². The largest absolute Gasteiger partial charge is 0.479 e. The SMILES string of the molecule is CCOC1CC(NC(=O)NOCC(=O)O)C1(C)C. The lowest BCUT2D eigenvalue weighted by molar-refractivity contribution is -0.144. The minimum Gasteiger partial charge on any atom is -0.479 e. The Hall–Kier alpha value is -1.34. The van der Waals surface area contributed by atoms with Crippen molar-refractivity contribution in [2.45, 2.75) is 39.3 Å². The van der Waals surface area contributed by atoms with E-state index < -0.39 is 18.6 Å². The number of urea groups is 1. The molecule has 0 spiro atoms. The minimum absolute atomic E-state index is 0.0116. The van der Waals surface area contributed by atoms with E-state index in [4.69, 9.17) is 9.84 Å². The van der Waals surface area contributed by atoms with Gasteiger partial charge in [0.2, 0.25) is 0 Å². The average Bonchev–Trinajstić information content (AvgIpc) is 2.27. The highest BCUT2D eigenvalue weighted by atomic mass is 16.7. The maximum absolute atomic E-state index is 11.4. The van der Waals surface area contributed by atoms with Crippen LogP contribution in [-0.4, -0.2) is 42.5 Å². The Morgan fingerprint density at radius 3 is 2.61 bits per heavy atom. The second kappa shape index (κ2) is 6.01. The summed E-state index contributed by atoms with van der Waals surface area (Å²) in [6.07, 6.45) is 0.875. The highest BCUT2D eigenvalue weighted by Crippen LogP contribution is 2.42. The average molecular weight is 260 g/mol. The monoisotopic (exact) mass is 260 g/mol. The second-order valence-electron chi connectivity index (χ2n) is 4.81. The maximum Gasteiger partial charge on any atom is 0.338 e. The standard InChI is InChI=1S/C11H20N2O5/c1-4-17-8-5-7(11(8,2)3)12-10(16)13-18-6-9(14)15/h7-8H,4-6H2,1-3H3,(H,14,15)(H2,12,13,16). The Morgan fingerprint density at radius 2 is 2.11 bits per heavy atom. The van der Waals surface area contributed by atoms with Crippen molar-refractivity contribution in [3.05, 3.63) is 0 Å². The van der Waals surface area contributed by atoms with E-state index in [1.54, 1.807) is 0 Å². The van der Waals surface area contributed by atoms with Crippen molar-refractivity contribution >= 4 is 12.0 Å². The molecule has 2 amide bonds. The van der Waals surface area contributed by atoms with E-state index >= 15 is 0 Å². The van der Waals surface area contributed by atoms with Crippen LogP contribution in [0.1, 0.15) is 27.2 Å². The van der Waals surface area contributed by atoms with Gasteiger partial charge in [0.15, 0.2) is 6.61 Å². The number of carbonyl (C=O) groups excluding carboxylic acids is 1. The Morgan fingerprint density at radius 1 is 1.44 bits per heavy atom. The van der Waals surface area contributed by atoms with Gasteiger partial charge in [-0.15, -0.1) is 0 Å². The van der Waals surface area contributed by atoms with Crippen LogP contribution in [0.2, 0.25) is 0 Å². The number of hydrogen-bond donors (Lipinski definition) is 3. The quantitative estimate of drug-likeness (QED) is 0.604. The summed E-state index contributed by atoms with van der Waals surface area (Å²) in [5.74, 6) is -1.14. The number of ether oxygens (including phenoxy) is 1. The fourth-order valence-corrected chi connectivity index (χ4v) is 1.97. The van der Waals surface area contributed by atoms with Gasteiger partial charge in [-0.3, -0.25) is 4.84 Å². The summed E-state index contributed by atoms with van der Waals surface area (Å²) in [6.45, 7) is 6.04. The van der Waals surface area contributed by atoms with Gasteiger partial charge >= 0.3 is 12.0 Å². The molecule has 1 fully saturated rings.